The molecule has 1 nitrogen and oxygen atoms in total. The van der Waals surface area contributed by atoms with Crippen LogP contribution >= 0.6 is 11.6 Å². The lowest BCUT2D eigenvalue weighted by atomic mass is 9.99. The van der Waals surface area contributed by atoms with Crippen molar-refractivity contribution in [1.82, 2.24) is 5.32 Å². The van der Waals surface area contributed by atoms with Crippen LogP contribution < -0.4 is 5.32 Å². The molecule has 0 spiro atoms. The molecule has 2 aromatic rings. The molecule has 0 amide bonds. The van der Waals surface area contributed by atoms with Crippen molar-refractivity contribution in [2.45, 2.75) is 31.8 Å². The zero-order chi connectivity index (χ0) is 14.8. The van der Waals surface area contributed by atoms with Gasteiger partial charge >= 0.3 is 0 Å². The minimum atomic E-state index is -0.181. The second-order valence-electron chi connectivity index (χ2n) is 5.81. The van der Waals surface area contributed by atoms with Gasteiger partial charge in [-0.2, -0.15) is 0 Å². The molecule has 21 heavy (non-hydrogen) atoms. The van der Waals surface area contributed by atoms with E-state index in [0.29, 0.717) is 5.92 Å². The van der Waals surface area contributed by atoms with Crippen LogP contribution in [0.5, 0.6) is 0 Å². The summed E-state index contributed by atoms with van der Waals surface area (Å²) in [5.41, 5.74) is 2.38. The van der Waals surface area contributed by atoms with E-state index in [0.717, 1.165) is 5.02 Å². The zero-order valence-corrected chi connectivity index (χ0v) is 12.8. The lowest BCUT2D eigenvalue weighted by Crippen LogP contribution is -2.26. The van der Waals surface area contributed by atoms with Crippen molar-refractivity contribution in [3.63, 3.8) is 0 Å². The van der Waals surface area contributed by atoms with Gasteiger partial charge in [0, 0.05) is 17.1 Å². The van der Waals surface area contributed by atoms with Crippen molar-refractivity contribution in [1.29, 1.82) is 0 Å². The largest absolute Gasteiger partial charge is 0.303 e. The summed E-state index contributed by atoms with van der Waals surface area (Å²) < 4.78 is 13.1. The number of hydrogen-bond acceptors (Lipinski definition) is 1. The third-order valence-corrected chi connectivity index (χ3v) is 4.37. The Morgan fingerprint density at radius 3 is 2.14 bits per heavy atom. The highest BCUT2D eigenvalue weighted by atomic mass is 35.5. The Morgan fingerprint density at radius 2 is 1.57 bits per heavy atom. The van der Waals surface area contributed by atoms with Gasteiger partial charge in [0.2, 0.25) is 0 Å². The number of nitrogens with one attached hydrogen (secondary N) is 1. The first-order valence-electron chi connectivity index (χ1n) is 7.40. The van der Waals surface area contributed by atoms with E-state index in [1.165, 1.54) is 24.0 Å². The molecule has 3 rings (SSSR count). The van der Waals surface area contributed by atoms with E-state index < -0.39 is 0 Å². The van der Waals surface area contributed by atoms with Crippen LogP contribution in [0.4, 0.5) is 4.39 Å². The summed E-state index contributed by atoms with van der Waals surface area (Å²) in [4.78, 5) is 0. The van der Waals surface area contributed by atoms with Crippen LogP contribution in [0.2, 0.25) is 5.02 Å². The Morgan fingerprint density at radius 1 is 1.00 bits per heavy atom. The fourth-order valence-corrected chi connectivity index (χ4v) is 2.85. The summed E-state index contributed by atoms with van der Waals surface area (Å²) in [6, 6.07) is 15.3. The minimum Gasteiger partial charge on any atom is -0.303 e. The summed E-state index contributed by atoms with van der Waals surface area (Å²) >= 11 is 5.94. The number of rotatable bonds is 5. The predicted octanol–water partition coefficient (Wildman–Crippen LogP) is 5.28. The van der Waals surface area contributed by atoms with Crippen molar-refractivity contribution in [3.8, 4) is 0 Å². The summed E-state index contributed by atoms with van der Waals surface area (Å²) in [6.07, 6.45) is 2.48. The molecule has 1 aliphatic rings. The maximum absolute atomic E-state index is 13.1. The fourth-order valence-electron chi connectivity index (χ4n) is 2.72. The highest BCUT2D eigenvalue weighted by Crippen LogP contribution is 2.42. The van der Waals surface area contributed by atoms with Crippen LogP contribution in [0.15, 0.2) is 48.5 Å². The molecule has 2 aromatic carbocycles. The molecule has 0 aliphatic heterocycles. The van der Waals surface area contributed by atoms with Crippen molar-refractivity contribution in [2.75, 3.05) is 0 Å². The molecular weight excluding hydrogens is 285 g/mol. The average Bonchev–Trinajstić information content (AvgIpc) is 3.31. The Hall–Kier alpha value is -1.38. The van der Waals surface area contributed by atoms with E-state index in [9.17, 15) is 4.39 Å². The first-order chi connectivity index (χ1) is 10.1. The standard InChI is InChI=1S/C18H19ClFN/c1-12(13-4-8-16(19)9-5-13)21-18(14-2-3-14)15-6-10-17(20)11-7-15/h4-12,14,18,21H,2-3H2,1H3/t12-,18?/m0/s1. The maximum Gasteiger partial charge on any atom is 0.123 e. The molecule has 1 saturated carbocycles. The molecule has 1 fully saturated rings. The molecule has 3 heteroatoms. The Bertz CT molecular complexity index is 590. The van der Waals surface area contributed by atoms with Crippen molar-refractivity contribution in [3.05, 3.63) is 70.5 Å². The normalized spacial score (nSPS) is 17.5. The molecule has 1 N–H and O–H groups in total. The van der Waals surface area contributed by atoms with Gasteiger partial charge in [-0.15, -0.1) is 0 Å². The Labute approximate surface area is 130 Å². The van der Waals surface area contributed by atoms with Crippen LogP contribution in [0.3, 0.4) is 0 Å². The van der Waals surface area contributed by atoms with Gasteiger partial charge in [-0.3, -0.25) is 0 Å². The maximum atomic E-state index is 13.1. The number of benzene rings is 2. The Kier molecular flexibility index (Phi) is 4.27. The first-order valence-corrected chi connectivity index (χ1v) is 7.78. The van der Waals surface area contributed by atoms with E-state index in [1.807, 2.05) is 24.3 Å². The lowest BCUT2D eigenvalue weighted by Gasteiger charge is -2.24. The van der Waals surface area contributed by atoms with E-state index in [1.54, 1.807) is 12.1 Å². The second kappa shape index (κ2) is 6.17. The van der Waals surface area contributed by atoms with Gasteiger partial charge in [0.15, 0.2) is 0 Å². The van der Waals surface area contributed by atoms with Gasteiger partial charge in [-0.25, -0.2) is 4.39 Å². The van der Waals surface area contributed by atoms with Crippen molar-refractivity contribution >= 4 is 11.6 Å². The van der Waals surface area contributed by atoms with Crippen LogP contribution in [0.25, 0.3) is 0 Å². The van der Waals surface area contributed by atoms with E-state index in [4.69, 9.17) is 11.6 Å². The zero-order valence-electron chi connectivity index (χ0n) is 12.0. The van der Waals surface area contributed by atoms with Crippen molar-refractivity contribution in [2.24, 2.45) is 5.92 Å². The molecule has 0 heterocycles. The van der Waals surface area contributed by atoms with Gasteiger partial charge in [0.25, 0.3) is 0 Å². The minimum absolute atomic E-state index is 0.181. The molecule has 0 bridgehead atoms. The monoisotopic (exact) mass is 303 g/mol. The number of hydrogen-bond donors (Lipinski definition) is 1. The van der Waals surface area contributed by atoms with Crippen LogP contribution in [-0.4, -0.2) is 0 Å². The summed E-state index contributed by atoms with van der Waals surface area (Å²) in [5.74, 6) is 0.476. The third-order valence-electron chi connectivity index (χ3n) is 4.12. The van der Waals surface area contributed by atoms with Crippen molar-refractivity contribution < 1.29 is 4.39 Å². The molecule has 0 saturated heterocycles. The Balaban J connectivity index is 1.76. The third kappa shape index (κ3) is 3.63. The number of halogens is 2. The van der Waals surface area contributed by atoms with E-state index in [-0.39, 0.29) is 17.9 Å². The lowest BCUT2D eigenvalue weighted by molar-refractivity contribution is 0.427. The molecule has 0 aromatic heterocycles. The fraction of sp³-hybridized carbons (Fsp3) is 0.333. The summed E-state index contributed by atoms with van der Waals surface area (Å²) in [6.45, 7) is 2.15. The highest BCUT2D eigenvalue weighted by Gasteiger charge is 2.33. The highest BCUT2D eigenvalue weighted by molar-refractivity contribution is 6.30. The SMILES string of the molecule is C[C@H](NC(c1ccc(F)cc1)C1CC1)c1ccc(Cl)cc1. The van der Waals surface area contributed by atoms with Gasteiger partial charge < -0.3 is 5.32 Å². The summed E-state index contributed by atoms with van der Waals surface area (Å²) in [5, 5.41) is 4.44. The molecule has 1 unspecified atom stereocenters. The molecular formula is C18H19ClFN. The average molecular weight is 304 g/mol. The van der Waals surface area contributed by atoms with E-state index >= 15 is 0 Å². The van der Waals surface area contributed by atoms with E-state index in [2.05, 4.69) is 24.4 Å². The van der Waals surface area contributed by atoms with Crippen LogP contribution in [0.1, 0.15) is 43.0 Å². The molecule has 1 aliphatic carbocycles. The smallest absolute Gasteiger partial charge is 0.123 e. The van der Waals surface area contributed by atoms with Gasteiger partial charge in [-0.1, -0.05) is 35.9 Å². The van der Waals surface area contributed by atoms with Gasteiger partial charge in [-0.05, 0) is 61.1 Å². The molecule has 0 radical (unpaired) electrons. The van der Waals surface area contributed by atoms with Gasteiger partial charge in [0.1, 0.15) is 5.82 Å². The summed E-state index contributed by atoms with van der Waals surface area (Å²) in [7, 11) is 0. The topological polar surface area (TPSA) is 12.0 Å². The quantitative estimate of drug-likeness (QED) is 0.792. The van der Waals surface area contributed by atoms with Crippen LogP contribution in [-0.2, 0) is 0 Å². The first kappa shape index (κ1) is 14.6. The molecule has 110 valence electrons. The second-order valence-corrected chi connectivity index (χ2v) is 6.24. The predicted molar refractivity (Wildman–Crippen MR) is 84.9 cm³/mol. The molecule has 2 atom stereocenters. The van der Waals surface area contributed by atoms with Gasteiger partial charge in [0.05, 0.1) is 0 Å². The van der Waals surface area contributed by atoms with Crippen LogP contribution in [0, 0.1) is 11.7 Å².